The quantitative estimate of drug-likeness (QED) is 0.559. The second-order valence-corrected chi connectivity index (χ2v) is 4.17. The summed E-state index contributed by atoms with van der Waals surface area (Å²) in [6.07, 6.45) is 5.45. The average molecular weight is 230 g/mol. The molecular weight excluding hydrogens is 208 g/mol. The first-order valence-corrected chi connectivity index (χ1v) is 6.34. The molecule has 17 heavy (non-hydrogen) atoms. The number of aliphatic hydroxyl groups excluding tert-OH is 1. The molecule has 0 saturated carbocycles. The topological polar surface area (TPSA) is 20.2 Å². The van der Waals surface area contributed by atoms with E-state index in [2.05, 4.69) is 32.1 Å². The molecule has 1 aromatic rings. The number of aliphatic hydroxyl groups is 1. The number of hydrogen-bond acceptors (Lipinski definition) is 1. The Morgan fingerprint density at radius 3 is 2.18 bits per heavy atom. The lowest BCUT2D eigenvalue weighted by molar-refractivity contribution is 0.452. The van der Waals surface area contributed by atoms with Crippen LogP contribution in [0.15, 0.2) is 48.2 Å². The van der Waals surface area contributed by atoms with Crippen LogP contribution in [0.2, 0.25) is 0 Å². The van der Waals surface area contributed by atoms with Crippen molar-refractivity contribution in [1.82, 2.24) is 0 Å². The van der Waals surface area contributed by atoms with E-state index >= 15 is 0 Å². The summed E-state index contributed by atoms with van der Waals surface area (Å²) in [6.45, 7) is 6.35. The Labute approximate surface area is 104 Å². The van der Waals surface area contributed by atoms with Gasteiger partial charge in [0, 0.05) is 0 Å². The molecule has 1 aromatic carbocycles. The summed E-state index contributed by atoms with van der Waals surface area (Å²) in [7, 11) is 0. The van der Waals surface area contributed by atoms with Crippen molar-refractivity contribution in [2.24, 2.45) is 5.92 Å². The highest BCUT2D eigenvalue weighted by Crippen LogP contribution is 2.31. The van der Waals surface area contributed by atoms with E-state index in [-0.39, 0.29) is 0 Å². The molecule has 0 saturated heterocycles. The lowest BCUT2D eigenvalue weighted by Gasteiger charge is -2.19. The zero-order chi connectivity index (χ0) is 12.7. The number of benzene rings is 1. The van der Waals surface area contributed by atoms with E-state index in [4.69, 9.17) is 0 Å². The Morgan fingerprint density at radius 2 is 1.76 bits per heavy atom. The number of allylic oxidation sites excluding steroid dienone is 3. The zero-order valence-electron chi connectivity index (χ0n) is 11.0. The fourth-order valence-corrected chi connectivity index (χ4v) is 2.24. The third-order valence-electron chi connectivity index (χ3n) is 3.25. The molecule has 92 valence electrons. The molecule has 0 aliphatic rings. The standard InChI is InChI=1S/C16H22O/c1-4-13(5-2)16(12-17)15(6-3)14-10-8-7-9-11-14/h6-13,17H,4-5H2,1-3H3/b15-6+,16-12+. The van der Waals surface area contributed by atoms with Crippen LogP contribution in [-0.4, -0.2) is 5.11 Å². The first-order valence-electron chi connectivity index (χ1n) is 6.34. The molecule has 1 heteroatoms. The maximum absolute atomic E-state index is 9.52. The highest BCUT2D eigenvalue weighted by Gasteiger charge is 2.15. The van der Waals surface area contributed by atoms with Crippen molar-refractivity contribution in [2.75, 3.05) is 0 Å². The molecular formula is C16H22O. The average Bonchev–Trinajstić information content (AvgIpc) is 2.40. The minimum Gasteiger partial charge on any atom is -0.515 e. The van der Waals surface area contributed by atoms with Crippen molar-refractivity contribution >= 4 is 5.57 Å². The lowest BCUT2D eigenvalue weighted by Crippen LogP contribution is -2.04. The van der Waals surface area contributed by atoms with Gasteiger partial charge in [-0.1, -0.05) is 50.3 Å². The summed E-state index contributed by atoms with van der Waals surface area (Å²) in [5.74, 6) is 0.423. The summed E-state index contributed by atoms with van der Waals surface area (Å²) >= 11 is 0. The maximum Gasteiger partial charge on any atom is 0.0832 e. The van der Waals surface area contributed by atoms with Crippen LogP contribution in [0, 0.1) is 5.92 Å². The number of hydrogen-bond donors (Lipinski definition) is 1. The predicted molar refractivity (Wildman–Crippen MR) is 74.9 cm³/mol. The van der Waals surface area contributed by atoms with E-state index in [1.54, 1.807) is 0 Å². The molecule has 1 N–H and O–H groups in total. The molecule has 0 atom stereocenters. The van der Waals surface area contributed by atoms with Crippen LogP contribution in [0.4, 0.5) is 0 Å². The largest absolute Gasteiger partial charge is 0.515 e. The second-order valence-electron chi connectivity index (χ2n) is 4.17. The van der Waals surface area contributed by atoms with Crippen molar-refractivity contribution in [1.29, 1.82) is 0 Å². The van der Waals surface area contributed by atoms with E-state index in [0.717, 1.165) is 24.0 Å². The SMILES string of the molecule is C/C=C(/C(=C/O)C(CC)CC)c1ccccc1. The molecule has 0 unspecified atom stereocenters. The fraction of sp³-hybridized carbons (Fsp3) is 0.375. The third kappa shape index (κ3) is 3.23. The van der Waals surface area contributed by atoms with Crippen LogP contribution in [0.1, 0.15) is 39.2 Å². The van der Waals surface area contributed by atoms with E-state index < -0.39 is 0 Å². The molecule has 0 spiro atoms. The summed E-state index contributed by atoms with van der Waals surface area (Å²) < 4.78 is 0. The minimum atomic E-state index is 0.423. The number of rotatable bonds is 5. The van der Waals surface area contributed by atoms with Gasteiger partial charge in [-0.05, 0) is 42.4 Å². The van der Waals surface area contributed by atoms with Gasteiger partial charge in [0.15, 0.2) is 0 Å². The van der Waals surface area contributed by atoms with Gasteiger partial charge in [0.25, 0.3) is 0 Å². The van der Waals surface area contributed by atoms with Gasteiger partial charge in [-0.3, -0.25) is 0 Å². The van der Waals surface area contributed by atoms with Crippen LogP contribution in [0.3, 0.4) is 0 Å². The van der Waals surface area contributed by atoms with Crippen molar-refractivity contribution in [3.05, 3.63) is 53.8 Å². The Bertz CT molecular complexity index is 383. The van der Waals surface area contributed by atoms with Gasteiger partial charge in [0.1, 0.15) is 0 Å². The minimum absolute atomic E-state index is 0.423. The molecule has 0 aromatic heterocycles. The molecule has 0 heterocycles. The summed E-state index contributed by atoms with van der Waals surface area (Å²) in [6, 6.07) is 10.2. The molecule has 0 radical (unpaired) electrons. The van der Waals surface area contributed by atoms with Gasteiger partial charge < -0.3 is 5.11 Å². The van der Waals surface area contributed by atoms with Gasteiger partial charge in [-0.2, -0.15) is 0 Å². The van der Waals surface area contributed by atoms with Crippen LogP contribution in [0.5, 0.6) is 0 Å². The molecule has 0 amide bonds. The molecule has 0 aliphatic heterocycles. The van der Waals surface area contributed by atoms with Crippen LogP contribution < -0.4 is 0 Å². The van der Waals surface area contributed by atoms with Gasteiger partial charge in [0.2, 0.25) is 0 Å². The van der Waals surface area contributed by atoms with E-state index in [1.165, 1.54) is 11.8 Å². The van der Waals surface area contributed by atoms with Crippen molar-refractivity contribution in [2.45, 2.75) is 33.6 Å². The van der Waals surface area contributed by atoms with Crippen molar-refractivity contribution < 1.29 is 5.11 Å². The van der Waals surface area contributed by atoms with E-state index in [1.807, 2.05) is 25.1 Å². The maximum atomic E-state index is 9.52. The highest BCUT2D eigenvalue weighted by atomic mass is 16.2. The highest BCUT2D eigenvalue weighted by molar-refractivity contribution is 5.78. The molecule has 1 rings (SSSR count). The van der Waals surface area contributed by atoms with Crippen molar-refractivity contribution in [3.8, 4) is 0 Å². The van der Waals surface area contributed by atoms with Gasteiger partial charge in [-0.15, -0.1) is 0 Å². The van der Waals surface area contributed by atoms with Gasteiger partial charge in [0.05, 0.1) is 6.26 Å². The molecule has 0 aliphatic carbocycles. The van der Waals surface area contributed by atoms with Crippen molar-refractivity contribution in [3.63, 3.8) is 0 Å². The summed E-state index contributed by atoms with van der Waals surface area (Å²) in [4.78, 5) is 0. The second kappa shape index (κ2) is 6.95. The smallest absolute Gasteiger partial charge is 0.0832 e. The molecule has 0 fully saturated rings. The first kappa shape index (κ1) is 13.6. The van der Waals surface area contributed by atoms with Gasteiger partial charge in [-0.25, -0.2) is 0 Å². The summed E-state index contributed by atoms with van der Waals surface area (Å²) in [5, 5.41) is 9.52. The van der Waals surface area contributed by atoms with Crippen LogP contribution >= 0.6 is 0 Å². The Morgan fingerprint density at radius 1 is 1.18 bits per heavy atom. The molecule has 1 nitrogen and oxygen atoms in total. The lowest BCUT2D eigenvalue weighted by atomic mass is 9.86. The Hall–Kier alpha value is -1.50. The van der Waals surface area contributed by atoms with E-state index in [0.29, 0.717) is 5.92 Å². The summed E-state index contributed by atoms with van der Waals surface area (Å²) in [5.41, 5.74) is 3.35. The Kier molecular flexibility index (Phi) is 5.55. The fourth-order valence-electron chi connectivity index (χ4n) is 2.24. The normalized spacial score (nSPS) is 13.2. The zero-order valence-corrected chi connectivity index (χ0v) is 11.0. The van der Waals surface area contributed by atoms with E-state index in [9.17, 15) is 5.11 Å². The third-order valence-corrected chi connectivity index (χ3v) is 3.25. The predicted octanol–water partition coefficient (Wildman–Crippen LogP) is 4.97. The van der Waals surface area contributed by atoms with Crippen LogP contribution in [0.25, 0.3) is 5.57 Å². The Balaban J connectivity index is 3.10. The van der Waals surface area contributed by atoms with Crippen LogP contribution in [-0.2, 0) is 0 Å². The first-order chi connectivity index (χ1) is 8.28. The molecule has 0 bridgehead atoms. The van der Waals surface area contributed by atoms with Gasteiger partial charge >= 0.3 is 0 Å². The monoisotopic (exact) mass is 230 g/mol.